The number of benzene rings is 2. The summed E-state index contributed by atoms with van der Waals surface area (Å²) in [7, 11) is 1.60. The van der Waals surface area contributed by atoms with Crippen molar-refractivity contribution in [3.05, 3.63) is 70.3 Å². The van der Waals surface area contributed by atoms with Gasteiger partial charge >= 0.3 is 5.69 Å². The Hall–Kier alpha value is -3.88. The summed E-state index contributed by atoms with van der Waals surface area (Å²) in [5, 5.41) is 14.8. The maximum absolute atomic E-state index is 11.7. The standard InChI is InChI=1S/C23H26N6O3/c1-32-19-9-7-18(8-10-19)25-23-26-21(24)20(29(30)31)22(27-23)28-13-11-17(12-14-28)15-16-5-3-2-4-6-16/h2-10,17H,11-15H2,1H3,(H3,24,25,26,27). The van der Waals surface area contributed by atoms with Crippen molar-refractivity contribution in [2.24, 2.45) is 5.92 Å². The number of nitrogen functional groups attached to an aromatic ring is 1. The molecule has 2 heterocycles. The molecule has 0 aliphatic carbocycles. The fourth-order valence-corrected chi connectivity index (χ4v) is 4.01. The number of nitro groups is 1. The lowest BCUT2D eigenvalue weighted by atomic mass is 9.90. The average molecular weight is 435 g/mol. The first-order valence-corrected chi connectivity index (χ1v) is 10.6. The minimum absolute atomic E-state index is 0.151. The Morgan fingerprint density at radius 3 is 2.44 bits per heavy atom. The van der Waals surface area contributed by atoms with E-state index >= 15 is 0 Å². The lowest BCUT2D eigenvalue weighted by molar-refractivity contribution is -0.383. The number of nitrogens with zero attached hydrogens (tertiary/aromatic N) is 4. The fourth-order valence-electron chi connectivity index (χ4n) is 4.01. The number of methoxy groups -OCH3 is 1. The molecule has 0 bridgehead atoms. The van der Waals surface area contributed by atoms with Gasteiger partial charge in [-0.25, -0.2) is 0 Å². The number of anilines is 4. The zero-order chi connectivity index (χ0) is 22.5. The molecule has 9 nitrogen and oxygen atoms in total. The van der Waals surface area contributed by atoms with E-state index in [1.54, 1.807) is 19.2 Å². The molecule has 2 aromatic carbocycles. The van der Waals surface area contributed by atoms with Crippen molar-refractivity contribution in [3.8, 4) is 5.75 Å². The second kappa shape index (κ2) is 9.51. The van der Waals surface area contributed by atoms with Gasteiger partial charge < -0.3 is 20.7 Å². The highest BCUT2D eigenvalue weighted by atomic mass is 16.6. The molecule has 4 rings (SSSR count). The molecule has 0 spiro atoms. The minimum Gasteiger partial charge on any atom is -0.497 e. The monoisotopic (exact) mass is 434 g/mol. The Bertz CT molecular complexity index is 1070. The zero-order valence-electron chi connectivity index (χ0n) is 17.9. The first-order valence-electron chi connectivity index (χ1n) is 10.6. The van der Waals surface area contributed by atoms with E-state index in [-0.39, 0.29) is 23.3 Å². The van der Waals surface area contributed by atoms with Crippen LogP contribution in [0.2, 0.25) is 0 Å². The molecule has 1 aromatic heterocycles. The minimum atomic E-state index is -0.502. The SMILES string of the molecule is COc1ccc(Nc2nc(N)c([N+](=O)[O-])c(N3CCC(Cc4ccccc4)CC3)n2)cc1. The Labute approximate surface area is 186 Å². The van der Waals surface area contributed by atoms with E-state index in [4.69, 9.17) is 10.5 Å². The molecule has 166 valence electrons. The molecule has 0 unspecified atom stereocenters. The van der Waals surface area contributed by atoms with Gasteiger partial charge in [0.1, 0.15) is 5.75 Å². The van der Waals surface area contributed by atoms with Crippen LogP contribution in [0.15, 0.2) is 54.6 Å². The first kappa shape index (κ1) is 21.4. The Kier molecular flexibility index (Phi) is 6.34. The molecule has 3 N–H and O–H groups in total. The molecule has 0 radical (unpaired) electrons. The van der Waals surface area contributed by atoms with Gasteiger partial charge in [0.25, 0.3) is 0 Å². The number of rotatable bonds is 7. The molecule has 32 heavy (non-hydrogen) atoms. The summed E-state index contributed by atoms with van der Waals surface area (Å²) in [6, 6.07) is 17.6. The smallest absolute Gasteiger partial charge is 0.353 e. The number of aromatic nitrogens is 2. The summed E-state index contributed by atoms with van der Waals surface area (Å²) in [4.78, 5) is 21.7. The van der Waals surface area contributed by atoms with Gasteiger partial charge in [0.15, 0.2) is 0 Å². The fraction of sp³-hybridized carbons (Fsp3) is 0.304. The second-order valence-electron chi connectivity index (χ2n) is 7.84. The maximum atomic E-state index is 11.7. The summed E-state index contributed by atoms with van der Waals surface area (Å²) >= 11 is 0. The van der Waals surface area contributed by atoms with Gasteiger partial charge in [-0.05, 0) is 55.0 Å². The first-order chi connectivity index (χ1) is 15.5. The van der Waals surface area contributed by atoms with Crippen LogP contribution >= 0.6 is 0 Å². The normalized spacial score (nSPS) is 14.2. The van der Waals surface area contributed by atoms with Crippen LogP contribution in [0.4, 0.5) is 29.0 Å². The highest BCUT2D eigenvalue weighted by Crippen LogP contribution is 2.35. The van der Waals surface area contributed by atoms with Crippen molar-refractivity contribution in [3.63, 3.8) is 0 Å². The van der Waals surface area contributed by atoms with E-state index in [0.29, 0.717) is 19.0 Å². The molecule has 0 amide bonds. The van der Waals surface area contributed by atoms with Crippen LogP contribution in [-0.4, -0.2) is 35.1 Å². The van der Waals surface area contributed by atoms with E-state index in [1.807, 2.05) is 23.1 Å². The third-order valence-corrected chi connectivity index (χ3v) is 5.70. The highest BCUT2D eigenvalue weighted by molar-refractivity contribution is 5.72. The van der Waals surface area contributed by atoms with E-state index in [2.05, 4.69) is 39.6 Å². The number of nitrogens with one attached hydrogen (secondary N) is 1. The van der Waals surface area contributed by atoms with Crippen LogP contribution in [0.3, 0.4) is 0 Å². The molecule has 0 atom stereocenters. The van der Waals surface area contributed by atoms with E-state index in [9.17, 15) is 10.1 Å². The summed E-state index contributed by atoms with van der Waals surface area (Å²) in [5.74, 6) is 1.58. The molecular formula is C23H26N6O3. The van der Waals surface area contributed by atoms with E-state index < -0.39 is 4.92 Å². The van der Waals surface area contributed by atoms with Gasteiger partial charge in [-0.1, -0.05) is 30.3 Å². The Morgan fingerprint density at radius 1 is 1.12 bits per heavy atom. The summed E-state index contributed by atoms with van der Waals surface area (Å²) in [6.07, 6.45) is 2.86. The summed E-state index contributed by atoms with van der Waals surface area (Å²) in [5.41, 5.74) is 7.78. The van der Waals surface area contributed by atoms with Crippen molar-refractivity contribution in [1.29, 1.82) is 0 Å². The topological polar surface area (TPSA) is 119 Å². The second-order valence-corrected chi connectivity index (χ2v) is 7.84. The molecule has 1 fully saturated rings. The van der Waals surface area contributed by atoms with Gasteiger partial charge in [0, 0.05) is 18.8 Å². The maximum Gasteiger partial charge on any atom is 0.353 e. The Morgan fingerprint density at radius 2 is 1.81 bits per heavy atom. The molecule has 3 aromatic rings. The zero-order valence-corrected chi connectivity index (χ0v) is 17.9. The predicted octanol–water partition coefficient (Wildman–Crippen LogP) is 4.18. The molecule has 1 aliphatic rings. The molecule has 9 heteroatoms. The summed E-state index contributed by atoms with van der Waals surface area (Å²) in [6.45, 7) is 1.35. The third kappa shape index (κ3) is 4.88. The van der Waals surface area contributed by atoms with E-state index in [0.717, 1.165) is 30.7 Å². The molecule has 1 aliphatic heterocycles. The lowest BCUT2D eigenvalue weighted by Gasteiger charge is -2.32. The van der Waals surface area contributed by atoms with Crippen molar-refractivity contribution in [1.82, 2.24) is 9.97 Å². The summed E-state index contributed by atoms with van der Waals surface area (Å²) < 4.78 is 5.16. The van der Waals surface area contributed by atoms with Crippen molar-refractivity contribution in [2.45, 2.75) is 19.3 Å². The molecule has 0 saturated carbocycles. The highest BCUT2D eigenvalue weighted by Gasteiger charge is 2.30. The molecular weight excluding hydrogens is 408 g/mol. The number of hydrogen-bond donors (Lipinski definition) is 2. The van der Waals surface area contributed by atoms with Crippen LogP contribution in [0, 0.1) is 16.0 Å². The van der Waals surface area contributed by atoms with Crippen molar-refractivity contribution >= 4 is 29.0 Å². The Balaban J connectivity index is 1.52. The quantitative estimate of drug-likeness (QED) is 0.420. The van der Waals surface area contributed by atoms with Crippen LogP contribution in [0.25, 0.3) is 0 Å². The van der Waals surface area contributed by atoms with Gasteiger partial charge in [0.05, 0.1) is 12.0 Å². The average Bonchev–Trinajstić information content (AvgIpc) is 2.80. The number of piperidine rings is 1. The van der Waals surface area contributed by atoms with E-state index in [1.165, 1.54) is 5.56 Å². The van der Waals surface area contributed by atoms with Crippen LogP contribution < -0.4 is 20.7 Å². The van der Waals surface area contributed by atoms with Gasteiger partial charge in [-0.2, -0.15) is 9.97 Å². The van der Waals surface area contributed by atoms with Gasteiger partial charge in [-0.3, -0.25) is 10.1 Å². The van der Waals surface area contributed by atoms with Gasteiger partial charge in [0.2, 0.25) is 17.6 Å². The lowest BCUT2D eigenvalue weighted by Crippen LogP contribution is -2.35. The van der Waals surface area contributed by atoms with Crippen LogP contribution in [0.5, 0.6) is 5.75 Å². The predicted molar refractivity (Wildman–Crippen MR) is 124 cm³/mol. The van der Waals surface area contributed by atoms with Gasteiger partial charge in [-0.15, -0.1) is 0 Å². The van der Waals surface area contributed by atoms with Crippen molar-refractivity contribution < 1.29 is 9.66 Å². The van der Waals surface area contributed by atoms with Crippen LogP contribution in [-0.2, 0) is 6.42 Å². The van der Waals surface area contributed by atoms with Crippen molar-refractivity contribution in [2.75, 3.05) is 36.1 Å². The number of ether oxygens (including phenoxy) is 1. The largest absolute Gasteiger partial charge is 0.497 e. The number of hydrogen-bond acceptors (Lipinski definition) is 8. The number of nitrogens with two attached hydrogens (primary N) is 1. The third-order valence-electron chi connectivity index (χ3n) is 5.70. The van der Waals surface area contributed by atoms with Crippen LogP contribution in [0.1, 0.15) is 18.4 Å². The molecule has 1 saturated heterocycles.